The number of hydrogen-bond donors (Lipinski definition) is 1. The highest BCUT2D eigenvalue weighted by Gasteiger charge is 2.44. The summed E-state index contributed by atoms with van der Waals surface area (Å²) in [7, 11) is 0. The van der Waals surface area contributed by atoms with E-state index in [-0.39, 0.29) is 23.5 Å². The third-order valence-electron chi connectivity index (χ3n) is 4.90. The molecule has 1 saturated carbocycles. The Morgan fingerprint density at radius 2 is 2.22 bits per heavy atom. The Kier molecular flexibility index (Phi) is 3.70. The van der Waals surface area contributed by atoms with Crippen LogP contribution in [0.15, 0.2) is 0 Å². The van der Waals surface area contributed by atoms with E-state index in [0.717, 1.165) is 50.9 Å². The largest absolute Gasteiger partial charge is 0.374 e. The van der Waals surface area contributed by atoms with Crippen molar-refractivity contribution >= 4 is 17.5 Å². The Bertz CT molecular complexity index is 328. The van der Waals surface area contributed by atoms with Crippen LogP contribution >= 0.6 is 11.8 Å². The molecule has 18 heavy (non-hydrogen) atoms. The zero-order valence-corrected chi connectivity index (χ0v) is 11.7. The SMILES string of the molecule is NC1CCCC1C(=O)C1CCOC2(CCSC2)C1. The van der Waals surface area contributed by atoms with Crippen LogP contribution in [0.1, 0.15) is 38.5 Å². The van der Waals surface area contributed by atoms with Crippen molar-refractivity contribution in [3.05, 3.63) is 0 Å². The van der Waals surface area contributed by atoms with Gasteiger partial charge in [-0.05, 0) is 37.9 Å². The maximum absolute atomic E-state index is 12.6. The van der Waals surface area contributed by atoms with Crippen molar-refractivity contribution in [2.24, 2.45) is 17.6 Å². The molecule has 1 spiro atoms. The summed E-state index contributed by atoms with van der Waals surface area (Å²) in [5, 5.41) is 0. The van der Waals surface area contributed by atoms with Gasteiger partial charge in [0.15, 0.2) is 0 Å². The number of Topliss-reactive ketones (excluding diaryl/α,β-unsaturated/α-hetero) is 1. The maximum Gasteiger partial charge on any atom is 0.140 e. The molecule has 3 nitrogen and oxygen atoms in total. The molecule has 2 saturated heterocycles. The summed E-state index contributed by atoms with van der Waals surface area (Å²) in [6, 6.07) is 0.120. The van der Waals surface area contributed by atoms with Crippen LogP contribution in [-0.2, 0) is 9.53 Å². The predicted octanol–water partition coefficient (Wildman–Crippen LogP) is 1.99. The molecular weight excluding hydrogens is 246 g/mol. The van der Waals surface area contributed by atoms with Crippen molar-refractivity contribution in [2.75, 3.05) is 18.1 Å². The molecule has 4 heteroatoms. The first-order valence-corrected chi connectivity index (χ1v) is 8.37. The van der Waals surface area contributed by atoms with Gasteiger partial charge in [0.2, 0.25) is 0 Å². The number of ether oxygens (including phenoxy) is 1. The minimum atomic E-state index is 0.0198. The third kappa shape index (κ3) is 2.35. The van der Waals surface area contributed by atoms with Crippen LogP contribution < -0.4 is 5.73 Å². The number of carbonyl (C=O) groups is 1. The number of ketones is 1. The van der Waals surface area contributed by atoms with Gasteiger partial charge in [-0.15, -0.1) is 0 Å². The maximum atomic E-state index is 12.6. The average molecular weight is 269 g/mol. The molecule has 0 aromatic rings. The fourth-order valence-corrected chi connectivity index (χ4v) is 5.16. The Balaban J connectivity index is 1.66. The second-order valence-corrected chi connectivity index (χ2v) is 7.23. The molecule has 0 bridgehead atoms. The number of rotatable bonds is 2. The Morgan fingerprint density at radius 3 is 2.89 bits per heavy atom. The quantitative estimate of drug-likeness (QED) is 0.833. The van der Waals surface area contributed by atoms with Gasteiger partial charge in [-0.1, -0.05) is 6.42 Å². The molecule has 0 amide bonds. The normalized spacial score (nSPS) is 44.6. The van der Waals surface area contributed by atoms with E-state index in [0.29, 0.717) is 5.78 Å². The lowest BCUT2D eigenvalue weighted by Crippen LogP contribution is -2.44. The van der Waals surface area contributed by atoms with Gasteiger partial charge >= 0.3 is 0 Å². The summed E-state index contributed by atoms with van der Waals surface area (Å²) in [4.78, 5) is 12.6. The second kappa shape index (κ2) is 5.14. The summed E-state index contributed by atoms with van der Waals surface area (Å²) < 4.78 is 5.99. The van der Waals surface area contributed by atoms with E-state index in [2.05, 4.69) is 0 Å². The van der Waals surface area contributed by atoms with E-state index in [4.69, 9.17) is 10.5 Å². The van der Waals surface area contributed by atoms with Crippen LogP contribution in [0.5, 0.6) is 0 Å². The molecule has 2 heterocycles. The van der Waals surface area contributed by atoms with Crippen molar-refractivity contribution in [3.63, 3.8) is 0 Å². The average Bonchev–Trinajstić information content (AvgIpc) is 2.98. The molecule has 2 aliphatic heterocycles. The first kappa shape index (κ1) is 12.9. The van der Waals surface area contributed by atoms with E-state index in [9.17, 15) is 4.79 Å². The first-order valence-electron chi connectivity index (χ1n) is 7.21. The fraction of sp³-hybridized carbons (Fsp3) is 0.929. The molecule has 3 aliphatic rings. The highest BCUT2D eigenvalue weighted by molar-refractivity contribution is 7.99. The van der Waals surface area contributed by atoms with Crippen LogP contribution in [0.25, 0.3) is 0 Å². The lowest BCUT2D eigenvalue weighted by molar-refractivity contribution is -0.138. The third-order valence-corrected chi connectivity index (χ3v) is 6.12. The van der Waals surface area contributed by atoms with E-state index in [1.165, 1.54) is 5.75 Å². The minimum Gasteiger partial charge on any atom is -0.374 e. The fourth-order valence-electron chi connectivity index (χ4n) is 3.78. The summed E-state index contributed by atoms with van der Waals surface area (Å²) in [5.74, 6) is 3.06. The Hall–Kier alpha value is -0.0600. The minimum absolute atomic E-state index is 0.0198. The van der Waals surface area contributed by atoms with Crippen molar-refractivity contribution in [2.45, 2.75) is 50.2 Å². The van der Waals surface area contributed by atoms with Gasteiger partial charge in [0.1, 0.15) is 5.78 Å². The van der Waals surface area contributed by atoms with Gasteiger partial charge in [-0.25, -0.2) is 0 Å². The van der Waals surface area contributed by atoms with Gasteiger partial charge in [-0.2, -0.15) is 11.8 Å². The molecule has 3 fully saturated rings. The lowest BCUT2D eigenvalue weighted by Gasteiger charge is -2.38. The van der Waals surface area contributed by atoms with Crippen LogP contribution in [0.4, 0.5) is 0 Å². The van der Waals surface area contributed by atoms with Gasteiger partial charge < -0.3 is 10.5 Å². The van der Waals surface area contributed by atoms with Gasteiger partial charge in [0.25, 0.3) is 0 Å². The zero-order valence-electron chi connectivity index (χ0n) is 10.9. The van der Waals surface area contributed by atoms with Gasteiger partial charge in [-0.3, -0.25) is 4.79 Å². The van der Waals surface area contributed by atoms with Crippen LogP contribution in [0, 0.1) is 11.8 Å². The van der Waals surface area contributed by atoms with Gasteiger partial charge in [0, 0.05) is 30.2 Å². The summed E-state index contributed by atoms with van der Waals surface area (Å²) in [6.07, 6.45) is 6.15. The molecular formula is C14H23NO2S. The molecule has 102 valence electrons. The van der Waals surface area contributed by atoms with Crippen molar-refractivity contribution in [1.82, 2.24) is 0 Å². The molecule has 0 aromatic carbocycles. The molecule has 3 rings (SSSR count). The number of carbonyl (C=O) groups excluding carboxylic acids is 1. The first-order chi connectivity index (χ1) is 8.70. The molecule has 0 aromatic heterocycles. The molecule has 2 N–H and O–H groups in total. The number of thioether (sulfide) groups is 1. The summed E-state index contributed by atoms with van der Waals surface area (Å²) in [5.41, 5.74) is 6.10. The smallest absolute Gasteiger partial charge is 0.140 e. The zero-order chi connectivity index (χ0) is 12.6. The Labute approximate surface area is 113 Å². The summed E-state index contributed by atoms with van der Waals surface area (Å²) in [6.45, 7) is 0.763. The topological polar surface area (TPSA) is 52.3 Å². The van der Waals surface area contributed by atoms with Crippen LogP contribution in [-0.4, -0.2) is 35.5 Å². The molecule has 0 radical (unpaired) electrons. The number of nitrogens with two attached hydrogens (primary N) is 1. The highest BCUT2D eigenvalue weighted by atomic mass is 32.2. The molecule has 4 atom stereocenters. The van der Waals surface area contributed by atoms with Crippen molar-refractivity contribution in [1.29, 1.82) is 0 Å². The van der Waals surface area contributed by atoms with Crippen molar-refractivity contribution in [3.8, 4) is 0 Å². The van der Waals surface area contributed by atoms with Crippen LogP contribution in [0.2, 0.25) is 0 Å². The Morgan fingerprint density at radius 1 is 1.33 bits per heavy atom. The highest BCUT2D eigenvalue weighted by Crippen LogP contribution is 2.42. The summed E-state index contributed by atoms with van der Waals surface area (Å²) >= 11 is 1.97. The van der Waals surface area contributed by atoms with E-state index in [1.54, 1.807) is 0 Å². The van der Waals surface area contributed by atoms with E-state index < -0.39 is 0 Å². The predicted molar refractivity (Wildman–Crippen MR) is 73.7 cm³/mol. The van der Waals surface area contributed by atoms with Crippen LogP contribution in [0.3, 0.4) is 0 Å². The van der Waals surface area contributed by atoms with E-state index in [1.807, 2.05) is 11.8 Å². The molecule has 1 aliphatic carbocycles. The van der Waals surface area contributed by atoms with E-state index >= 15 is 0 Å². The molecule has 4 unspecified atom stereocenters. The monoisotopic (exact) mass is 269 g/mol. The lowest BCUT2D eigenvalue weighted by atomic mass is 9.78. The standard InChI is InChI=1S/C14H23NO2S/c15-12-3-1-2-11(12)13(16)10-4-6-17-14(8-10)5-7-18-9-14/h10-12H,1-9,15H2. The number of hydrogen-bond acceptors (Lipinski definition) is 4. The van der Waals surface area contributed by atoms with Crippen molar-refractivity contribution < 1.29 is 9.53 Å². The second-order valence-electron chi connectivity index (χ2n) is 6.13. The van der Waals surface area contributed by atoms with Gasteiger partial charge in [0.05, 0.1) is 5.60 Å².